The van der Waals surface area contributed by atoms with Crippen LogP contribution in [0.4, 0.5) is 10.1 Å². The highest BCUT2D eigenvalue weighted by molar-refractivity contribution is 9.10. The van der Waals surface area contributed by atoms with Crippen molar-refractivity contribution in [2.75, 3.05) is 4.72 Å². The molecule has 0 saturated carbocycles. The van der Waals surface area contributed by atoms with Crippen LogP contribution >= 0.6 is 27.5 Å². The van der Waals surface area contributed by atoms with E-state index in [1.165, 1.54) is 23.0 Å². The number of benzene rings is 1. The number of imidazole rings is 1. The van der Waals surface area contributed by atoms with Crippen molar-refractivity contribution in [2.45, 2.75) is 11.9 Å². The van der Waals surface area contributed by atoms with Gasteiger partial charge in [0.05, 0.1) is 16.5 Å². The quantitative estimate of drug-likeness (QED) is 0.887. The lowest BCUT2D eigenvalue weighted by Crippen LogP contribution is -2.15. The fourth-order valence-electron chi connectivity index (χ4n) is 1.52. The van der Waals surface area contributed by atoms with Crippen LogP contribution in [0.15, 0.2) is 28.0 Å². The molecule has 0 bridgehead atoms. The summed E-state index contributed by atoms with van der Waals surface area (Å²) in [7, 11) is -2.35. The van der Waals surface area contributed by atoms with Crippen molar-refractivity contribution >= 4 is 43.2 Å². The molecule has 108 valence electrons. The number of nitrogens with one attached hydrogen (secondary N) is 1. The molecule has 0 aliphatic carbocycles. The van der Waals surface area contributed by atoms with Gasteiger partial charge in [-0.15, -0.1) is 0 Å². The van der Waals surface area contributed by atoms with Crippen molar-refractivity contribution in [1.82, 2.24) is 9.55 Å². The van der Waals surface area contributed by atoms with E-state index in [1.807, 2.05) is 0 Å². The zero-order valence-electron chi connectivity index (χ0n) is 10.5. The van der Waals surface area contributed by atoms with Crippen LogP contribution in [0.1, 0.15) is 5.56 Å². The second-order valence-corrected chi connectivity index (χ2v) is 6.95. The third-order valence-corrected chi connectivity index (χ3v) is 5.06. The van der Waals surface area contributed by atoms with Crippen molar-refractivity contribution in [2.24, 2.45) is 7.05 Å². The van der Waals surface area contributed by atoms with Crippen molar-refractivity contribution in [1.29, 1.82) is 0 Å². The lowest BCUT2D eigenvalue weighted by Gasteiger charge is -2.10. The molecule has 0 amide bonds. The largest absolute Gasteiger partial charge is 0.324 e. The monoisotopic (exact) mass is 381 g/mol. The SMILES string of the molecule is Cc1cc(F)c(Br)cc1NS(=O)(=O)c1ncn(C)c1Cl. The van der Waals surface area contributed by atoms with Gasteiger partial charge in [-0.05, 0) is 40.5 Å². The van der Waals surface area contributed by atoms with Crippen molar-refractivity contribution < 1.29 is 12.8 Å². The number of hydrogen-bond donors (Lipinski definition) is 1. The molecule has 0 unspecified atom stereocenters. The highest BCUT2D eigenvalue weighted by Crippen LogP contribution is 2.27. The van der Waals surface area contributed by atoms with E-state index in [2.05, 4.69) is 25.6 Å². The number of anilines is 1. The van der Waals surface area contributed by atoms with Crippen LogP contribution < -0.4 is 4.72 Å². The number of halogens is 3. The van der Waals surface area contributed by atoms with Crippen LogP contribution in [0.5, 0.6) is 0 Å². The predicted octanol–water partition coefficient (Wildman–Crippen LogP) is 3.08. The first-order chi connectivity index (χ1) is 9.22. The van der Waals surface area contributed by atoms with E-state index in [0.717, 1.165) is 0 Å². The van der Waals surface area contributed by atoms with E-state index in [1.54, 1.807) is 14.0 Å². The maximum Gasteiger partial charge on any atom is 0.282 e. The average Bonchev–Trinajstić information content (AvgIpc) is 2.67. The molecular formula is C11H10BrClFN3O2S. The molecule has 0 spiro atoms. The Bertz CT molecular complexity index is 776. The predicted molar refractivity (Wildman–Crippen MR) is 77.9 cm³/mol. The van der Waals surface area contributed by atoms with Gasteiger partial charge < -0.3 is 4.57 Å². The van der Waals surface area contributed by atoms with E-state index < -0.39 is 15.8 Å². The van der Waals surface area contributed by atoms with Crippen LogP contribution in [-0.4, -0.2) is 18.0 Å². The minimum atomic E-state index is -3.93. The minimum absolute atomic E-state index is 0.00340. The average molecular weight is 383 g/mol. The standard InChI is InChI=1S/C11H10BrClFN3O2S/c1-6-3-8(14)7(12)4-9(6)16-20(18,19)11-10(13)17(2)5-15-11/h3-5,16H,1-2H3. The lowest BCUT2D eigenvalue weighted by atomic mass is 10.2. The van der Waals surface area contributed by atoms with Gasteiger partial charge in [0.25, 0.3) is 10.0 Å². The minimum Gasteiger partial charge on any atom is -0.324 e. The summed E-state index contributed by atoms with van der Waals surface area (Å²) < 4.78 is 41.6. The molecule has 0 aliphatic heterocycles. The van der Waals surface area contributed by atoms with Crippen LogP contribution in [0.25, 0.3) is 0 Å². The van der Waals surface area contributed by atoms with Gasteiger partial charge in [-0.25, -0.2) is 9.37 Å². The topological polar surface area (TPSA) is 64.0 Å². The summed E-state index contributed by atoms with van der Waals surface area (Å²) in [6, 6.07) is 2.57. The van der Waals surface area contributed by atoms with Crippen molar-refractivity contribution in [3.63, 3.8) is 0 Å². The molecule has 0 aliphatic rings. The van der Waals surface area contributed by atoms with Gasteiger partial charge in [0.1, 0.15) is 11.0 Å². The van der Waals surface area contributed by atoms with Gasteiger partial charge in [0.15, 0.2) is 0 Å². The summed E-state index contributed by atoms with van der Waals surface area (Å²) in [5.41, 5.74) is 0.696. The summed E-state index contributed by atoms with van der Waals surface area (Å²) in [5.74, 6) is -0.471. The first kappa shape index (κ1) is 15.3. The van der Waals surface area contributed by atoms with Crippen LogP contribution in [0.3, 0.4) is 0 Å². The number of hydrogen-bond acceptors (Lipinski definition) is 3. The van der Waals surface area contributed by atoms with Crippen molar-refractivity contribution in [3.05, 3.63) is 39.5 Å². The fraction of sp³-hybridized carbons (Fsp3) is 0.182. The number of nitrogens with zero attached hydrogens (tertiary/aromatic N) is 2. The van der Waals surface area contributed by atoms with Gasteiger partial charge in [0, 0.05) is 7.05 Å². The highest BCUT2D eigenvalue weighted by Gasteiger charge is 2.23. The Morgan fingerprint density at radius 1 is 1.45 bits per heavy atom. The number of sulfonamides is 1. The smallest absolute Gasteiger partial charge is 0.282 e. The van der Waals surface area contributed by atoms with Gasteiger partial charge in [-0.3, -0.25) is 4.72 Å². The summed E-state index contributed by atoms with van der Waals surface area (Å²) >= 11 is 8.87. The normalized spacial score (nSPS) is 11.7. The Morgan fingerprint density at radius 2 is 2.10 bits per heavy atom. The maximum absolute atomic E-state index is 13.3. The molecule has 0 fully saturated rings. The molecule has 1 aromatic heterocycles. The van der Waals surface area contributed by atoms with Crippen LogP contribution in [0.2, 0.25) is 5.15 Å². The first-order valence-electron chi connectivity index (χ1n) is 5.37. The molecule has 0 radical (unpaired) electrons. The molecule has 1 N–H and O–H groups in total. The molecule has 20 heavy (non-hydrogen) atoms. The van der Waals surface area contributed by atoms with Crippen LogP contribution in [0, 0.1) is 12.7 Å². The van der Waals surface area contributed by atoms with E-state index in [9.17, 15) is 12.8 Å². The first-order valence-corrected chi connectivity index (χ1v) is 8.03. The molecule has 0 saturated heterocycles. The zero-order chi connectivity index (χ0) is 15.1. The summed E-state index contributed by atoms with van der Waals surface area (Å²) in [4.78, 5) is 3.75. The van der Waals surface area contributed by atoms with Gasteiger partial charge >= 0.3 is 0 Å². The maximum atomic E-state index is 13.3. The Balaban J connectivity index is 2.44. The summed E-state index contributed by atoms with van der Waals surface area (Å²) in [6.45, 7) is 1.59. The Hall–Kier alpha value is -1.12. The van der Waals surface area contributed by atoms with Crippen LogP contribution in [-0.2, 0) is 17.1 Å². The van der Waals surface area contributed by atoms with Gasteiger partial charge in [-0.1, -0.05) is 11.6 Å². The zero-order valence-corrected chi connectivity index (χ0v) is 13.6. The number of aryl methyl sites for hydroxylation is 2. The molecule has 5 nitrogen and oxygen atoms in total. The third kappa shape index (κ3) is 2.82. The molecule has 1 heterocycles. The van der Waals surface area contributed by atoms with E-state index in [4.69, 9.17) is 11.6 Å². The molecule has 1 aromatic carbocycles. The highest BCUT2D eigenvalue weighted by atomic mass is 79.9. The molecule has 0 atom stereocenters. The van der Waals surface area contributed by atoms with Crippen molar-refractivity contribution in [3.8, 4) is 0 Å². The Labute approximate surface area is 129 Å². The lowest BCUT2D eigenvalue weighted by molar-refractivity contribution is 0.597. The second-order valence-electron chi connectivity index (χ2n) is 4.14. The molecule has 9 heteroatoms. The molecular weight excluding hydrogens is 373 g/mol. The third-order valence-electron chi connectivity index (χ3n) is 2.60. The number of rotatable bonds is 3. The van der Waals surface area contributed by atoms with E-state index in [-0.39, 0.29) is 20.3 Å². The number of aromatic nitrogens is 2. The second kappa shape index (κ2) is 5.34. The Kier molecular flexibility index (Phi) is 4.08. The summed E-state index contributed by atoms with van der Waals surface area (Å²) in [5, 5.41) is -0.280. The van der Waals surface area contributed by atoms with Gasteiger partial charge in [0.2, 0.25) is 5.03 Å². The van der Waals surface area contributed by atoms with E-state index in [0.29, 0.717) is 5.56 Å². The van der Waals surface area contributed by atoms with Gasteiger partial charge in [-0.2, -0.15) is 8.42 Å². The summed E-state index contributed by atoms with van der Waals surface area (Å²) in [6.07, 6.45) is 1.30. The van der Waals surface area contributed by atoms with E-state index >= 15 is 0 Å². The Morgan fingerprint density at radius 3 is 2.65 bits per heavy atom. The molecule has 2 aromatic rings. The molecule has 2 rings (SSSR count). The fourth-order valence-corrected chi connectivity index (χ4v) is 3.42.